The molecule has 0 aliphatic heterocycles. The molecule has 2 aromatic carbocycles. The number of carbonyl (C=O) groups excluding carboxylic acids is 1. The third-order valence-corrected chi connectivity index (χ3v) is 4.52. The number of hydrogen-bond donors (Lipinski definition) is 2. The van der Waals surface area contributed by atoms with Crippen LogP contribution in [-0.2, 0) is 16.4 Å². The van der Waals surface area contributed by atoms with Crippen molar-refractivity contribution in [3.8, 4) is 5.75 Å². The Morgan fingerprint density at radius 3 is 2.48 bits per heavy atom. The molecule has 0 saturated carbocycles. The van der Waals surface area contributed by atoms with Gasteiger partial charge in [0.2, 0.25) is 15.9 Å². The molecule has 1 amide bonds. The van der Waals surface area contributed by atoms with Gasteiger partial charge in [-0.2, -0.15) is 0 Å². The third-order valence-electron chi connectivity index (χ3n) is 3.24. The van der Waals surface area contributed by atoms with Crippen molar-refractivity contribution in [3.05, 3.63) is 59.7 Å². The predicted octanol–water partition coefficient (Wildman–Crippen LogP) is 1.78. The first kappa shape index (κ1) is 16.8. The fraction of sp³-hybridized carbons (Fsp3) is 0.188. The molecule has 0 aromatic heterocycles. The minimum Gasteiger partial charge on any atom is -0.497 e. The van der Waals surface area contributed by atoms with E-state index in [2.05, 4.69) is 4.72 Å². The van der Waals surface area contributed by atoms with Gasteiger partial charge in [0.05, 0.1) is 12.9 Å². The average molecular weight is 334 g/mol. The number of primary amides is 1. The van der Waals surface area contributed by atoms with Gasteiger partial charge < -0.3 is 10.5 Å². The normalized spacial score (nSPS) is 11.0. The van der Waals surface area contributed by atoms with Gasteiger partial charge in [-0.1, -0.05) is 12.1 Å². The molecule has 0 heterocycles. The van der Waals surface area contributed by atoms with Crippen LogP contribution in [0.3, 0.4) is 0 Å². The highest BCUT2D eigenvalue weighted by Gasteiger charge is 2.11. The summed E-state index contributed by atoms with van der Waals surface area (Å²) in [5, 5.41) is 0. The molecule has 0 saturated heterocycles. The summed E-state index contributed by atoms with van der Waals surface area (Å²) in [5.74, 6) is 0.0740. The number of methoxy groups -OCH3 is 1. The molecule has 0 atom stereocenters. The van der Waals surface area contributed by atoms with Crippen molar-refractivity contribution in [2.24, 2.45) is 5.73 Å². The van der Waals surface area contributed by atoms with Crippen LogP contribution >= 0.6 is 0 Å². The number of rotatable bonds is 7. The summed E-state index contributed by atoms with van der Waals surface area (Å²) >= 11 is 0. The number of aryl methyl sites for hydroxylation is 1. The van der Waals surface area contributed by atoms with Crippen molar-refractivity contribution >= 4 is 21.6 Å². The molecule has 0 bridgehead atoms. The first-order chi connectivity index (χ1) is 10.9. The molecule has 122 valence electrons. The summed E-state index contributed by atoms with van der Waals surface area (Å²) in [6.07, 6.45) is 0.367. The number of nitrogens with one attached hydrogen (secondary N) is 1. The van der Waals surface area contributed by atoms with Crippen LogP contribution in [0.5, 0.6) is 5.75 Å². The number of sulfonamides is 1. The van der Waals surface area contributed by atoms with Crippen LogP contribution in [0.15, 0.2) is 48.5 Å². The smallest absolute Gasteiger partial charge is 0.248 e. The minimum atomic E-state index is -3.49. The minimum absolute atomic E-state index is 0.0578. The van der Waals surface area contributed by atoms with Crippen molar-refractivity contribution in [3.63, 3.8) is 0 Å². The Bertz CT molecular complexity index is 786. The summed E-state index contributed by atoms with van der Waals surface area (Å²) in [4.78, 5) is 11.0. The average Bonchev–Trinajstić information content (AvgIpc) is 2.53. The van der Waals surface area contributed by atoms with E-state index in [-0.39, 0.29) is 5.75 Å². The zero-order valence-corrected chi connectivity index (χ0v) is 13.5. The number of carbonyl (C=O) groups is 1. The number of anilines is 1. The summed E-state index contributed by atoms with van der Waals surface area (Å²) in [7, 11) is -1.93. The lowest BCUT2D eigenvalue weighted by atomic mass is 10.2. The van der Waals surface area contributed by atoms with E-state index in [1.54, 1.807) is 19.2 Å². The van der Waals surface area contributed by atoms with Gasteiger partial charge in [0, 0.05) is 11.3 Å². The molecule has 0 unspecified atom stereocenters. The van der Waals surface area contributed by atoms with E-state index in [4.69, 9.17) is 10.5 Å². The second kappa shape index (κ2) is 7.15. The largest absolute Gasteiger partial charge is 0.497 e. The molecule has 0 spiro atoms. The molecular weight excluding hydrogens is 316 g/mol. The SMILES string of the molecule is COc1cccc(CCS(=O)(=O)Nc2ccc(C(N)=O)cc2)c1. The zero-order chi connectivity index (χ0) is 16.9. The fourth-order valence-corrected chi connectivity index (χ4v) is 3.12. The number of benzene rings is 2. The Kier molecular flexibility index (Phi) is 5.23. The number of amides is 1. The van der Waals surface area contributed by atoms with Crippen molar-refractivity contribution in [2.75, 3.05) is 17.6 Å². The van der Waals surface area contributed by atoms with E-state index < -0.39 is 15.9 Å². The van der Waals surface area contributed by atoms with Crippen molar-refractivity contribution in [1.82, 2.24) is 0 Å². The highest BCUT2D eigenvalue weighted by Crippen LogP contribution is 2.15. The summed E-state index contributed by atoms with van der Waals surface area (Å²) in [5.41, 5.74) is 6.73. The Hall–Kier alpha value is -2.54. The van der Waals surface area contributed by atoms with Crippen LogP contribution in [0.25, 0.3) is 0 Å². The van der Waals surface area contributed by atoms with Gasteiger partial charge in [-0.15, -0.1) is 0 Å². The number of nitrogens with two attached hydrogens (primary N) is 1. The van der Waals surface area contributed by atoms with Crippen LogP contribution < -0.4 is 15.2 Å². The first-order valence-corrected chi connectivity index (χ1v) is 8.58. The van der Waals surface area contributed by atoms with Crippen molar-refractivity contribution < 1.29 is 17.9 Å². The Balaban J connectivity index is 1.99. The molecule has 7 heteroatoms. The van der Waals surface area contributed by atoms with E-state index in [0.29, 0.717) is 23.4 Å². The number of ether oxygens (including phenoxy) is 1. The lowest BCUT2D eigenvalue weighted by molar-refractivity contribution is 0.100. The summed E-state index contributed by atoms with van der Waals surface area (Å²) in [6.45, 7) is 0. The van der Waals surface area contributed by atoms with E-state index in [0.717, 1.165) is 5.56 Å². The maximum atomic E-state index is 12.1. The van der Waals surface area contributed by atoms with Gasteiger partial charge in [-0.3, -0.25) is 9.52 Å². The van der Waals surface area contributed by atoms with Crippen LogP contribution in [0.4, 0.5) is 5.69 Å². The molecular formula is C16H18N2O4S. The summed E-state index contributed by atoms with van der Waals surface area (Å²) in [6, 6.07) is 13.2. The standard InChI is InChI=1S/C16H18N2O4S/c1-22-15-4-2-3-12(11-15)9-10-23(20,21)18-14-7-5-13(6-8-14)16(17)19/h2-8,11,18H,9-10H2,1H3,(H2,17,19). The maximum absolute atomic E-state index is 12.1. The quantitative estimate of drug-likeness (QED) is 0.806. The Labute approximate surface area is 135 Å². The van der Waals surface area contributed by atoms with E-state index in [1.165, 1.54) is 24.3 Å². The van der Waals surface area contributed by atoms with Crippen LogP contribution in [-0.4, -0.2) is 27.2 Å². The van der Waals surface area contributed by atoms with Crippen LogP contribution in [0, 0.1) is 0 Å². The lowest BCUT2D eigenvalue weighted by Gasteiger charge is -2.09. The number of hydrogen-bond acceptors (Lipinski definition) is 4. The zero-order valence-electron chi connectivity index (χ0n) is 12.7. The second-order valence-corrected chi connectivity index (χ2v) is 6.81. The maximum Gasteiger partial charge on any atom is 0.248 e. The molecule has 0 fully saturated rings. The highest BCUT2D eigenvalue weighted by molar-refractivity contribution is 7.92. The van der Waals surface area contributed by atoms with Gasteiger partial charge in [-0.25, -0.2) is 8.42 Å². The Morgan fingerprint density at radius 1 is 1.17 bits per heavy atom. The third kappa shape index (κ3) is 5.00. The Morgan fingerprint density at radius 2 is 1.87 bits per heavy atom. The molecule has 2 aromatic rings. The molecule has 0 radical (unpaired) electrons. The molecule has 2 rings (SSSR count). The molecule has 0 aliphatic carbocycles. The highest BCUT2D eigenvalue weighted by atomic mass is 32.2. The van der Waals surface area contributed by atoms with E-state index >= 15 is 0 Å². The first-order valence-electron chi connectivity index (χ1n) is 6.93. The van der Waals surface area contributed by atoms with Crippen molar-refractivity contribution in [1.29, 1.82) is 0 Å². The van der Waals surface area contributed by atoms with Crippen molar-refractivity contribution in [2.45, 2.75) is 6.42 Å². The fourth-order valence-electron chi connectivity index (χ4n) is 2.01. The molecule has 3 N–H and O–H groups in total. The lowest BCUT2D eigenvalue weighted by Crippen LogP contribution is -2.18. The van der Waals surface area contributed by atoms with E-state index in [9.17, 15) is 13.2 Å². The molecule has 6 nitrogen and oxygen atoms in total. The van der Waals surface area contributed by atoms with Gasteiger partial charge in [-0.05, 0) is 48.4 Å². The van der Waals surface area contributed by atoms with Crippen LogP contribution in [0.1, 0.15) is 15.9 Å². The van der Waals surface area contributed by atoms with Gasteiger partial charge in [0.25, 0.3) is 0 Å². The summed E-state index contributed by atoms with van der Waals surface area (Å²) < 4.78 is 31.8. The molecule has 0 aliphatic rings. The van der Waals surface area contributed by atoms with Gasteiger partial charge in [0.15, 0.2) is 0 Å². The monoisotopic (exact) mass is 334 g/mol. The second-order valence-electron chi connectivity index (χ2n) is 4.96. The van der Waals surface area contributed by atoms with Crippen LogP contribution in [0.2, 0.25) is 0 Å². The topological polar surface area (TPSA) is 98.5 Å². The molecule has 23 heavy (non-hydrogen) atoms. The van der Waals surface area contributed by atoms with E-state index in [1.807, 2.05) is 12.1 Å². The predicted molar refractivity (Wildman–Crippen MR) is 89.1 cm³/mol. The van der Waals surface area contributed by atoms with Gasteiger partial charge >= 0.3 is 0 Å². The van der Waals surface area contributed by atoms with Gasteiger partial charge in [0.1, 0.15) is 5.75 Å².